The van der Waals surface area contributed by atoms with E-state index in [1.807, 2.05) is 13.8 Å². The summed E-state index contributed by atoms with van der Waals surface area (Å²) in [7, 11) is 0. The highest BCUT2D eigenvalue weighted by atomic mass is 16.6. The zero-order chi connectivity index (χ0) is 24.2. The fourth-order valence-electron chi connectivity index (χ4n) is 3.44. The first-order valence-electron chi connectivity index (χ1n) is 12.4. The molecular weight excluding hydrogens is 408 g/mol. The normalized spacial score (nSPS) is 11.2. The van der Waals surface area contributed by atoms with Crippen molar-refractivity contribution >= 4 is 17.9 Å². The van der Waals surface area contributed by atoms with Crippen LogP contribution in [0.1, 0.15) is 124 Å². The summed E-state index contributed by atoms with van der Waals surface area (Å²) in [4.78, 5) is 33.8. The molecule has 1 N–H and O–H groups in total. The predicted molar refractivity (Wildman–Crippen MR) is 127 cm³/mol. The highest BCUT2D eigenvalue weighted by molar-refractivity contribution is 5.87. The molecule has 0 radical (unpaired) electrons. The second-order valence-corrected chi connectivity index (χ2v) is 9.39. The first-order valence-corrected chi connectivity index (χ1v) is 12.4. The number of hydrogen-bond donors (Lipinski definition) is 1. The van der Waals surface area contributed by atoms with Gasteiger partial charge in [0.2, 0.25) is 0 Å². The molecule has 0 aromatic carbocycles. The Labute approximate surface area is 195 Å². The molecule has 6 heteroatoms. The number of carboxylic acids is 1. The van der Waals surface area contributed by atoms with Crippen LogP contribution in [0.2, 0.25) is 0 Å². The average molecular weight is 455 g/mol. The van der Waals surface area contributed by atoms with Crippen LogP contribution < -0.4 is 0 Å². The van der Waals surface area contributed by atoms with Crippen LogP contribution in [0.3, 0.4) is 0 Å². The summed E-state index contributed by atoms with van der Waals surface area (Å²) in [6.45, 7) is 9.62. The van der Waals surface area contributed by atoms with E-state index >= 15 is 0 Å². The Kier molecular flexibility index (Phi) is 17.6. The number of aliphatic carboxylic acids is 1. The van der Waals surface area contributed by atoms with Crippen molar-refractivity contribution in [1.29, 1.82) is 0 Å². The van der Waals surface area contributed by atoms with E-state index in [1.54, 1.807) is 6.92 Å². The first-order chi connectivity index (χ1) is 15.1. The lowest BCUT2D eigenvalue weighted by molar-refractivity contribution is -0.152. The maximum absolute atomic E-state index is 11.8. The highest BCUT2D eigenvalue weighted by Gasteiger charge is 2.22. The van der Waals surface area contributed by atoms with Crippen LogP contribution in [0.4, 0.5) is 0 Å². The Balaban J connectivity index is 3.44. The van der Waals surface area contributed by atoms with Gasteiger partial charge in [0.1, 0.15) is 5.60 Å². The number of unbranched alkanes of at least 4 members (excludes halogenated alkanes) is 11. The quantitative estimate of drug-likeness (QED) is 0.117. The molecule has 0 fully saturated rings. The van der Waals surface area contributed by atoms with Gasteiger partial charge < -0.3 is 14.6 Å². The summed E-state index contributed by atoms with van der Waals surface area (Å²) in [6, 6.07) is 0. The van der Waals surface area contributed by atoms with Gasteiger partial charge in [0, 0.05) is 18.4 Å². The van der Waals surface area contributed by atoms with Gasteiger partial charge in [-0.15, -0.1) is 0 Å². The number of rotatable bonds is 21. The Morgan fingerprint density at radius 1 is 0.750 bits per heavy atom. The maximum Gasteiger partial charge on any atom is 0.333 e. The number of carbonyl (C=O) groups excluding carboxylic acids is 2. The van der Waals surface area contributed by atoms with Crippen LogP contribution in [-0.4, -0.2) is 35.2 Å². The van der Waals surface area contributed by atoms with Gasteiger partial charge in [-0.1, -0.05) is 64.4 Å². The molecule has 0 amide bonds. The van der Waals surface area contributed by atoms with Crippen molar-refractivity contribution in [2.24, 2.45) is 0 Å². The molecule has 0 saturated heterocycles. The van der Waals surface area contributed by atoms with Gasteiger partial charge in [-0.25, -0.2) is 4.79 Å². The van der Waals surface area contributed by atoms with Crippen LogP contribution in [-0.2, 0) is 23.9 Å². The smallest absolute Gasteiger partial charge is 0.333 e. The van der Waals surface area contributed by atoms with Gasteiger partial charge in [-0.05, 0) is 52.9 Å². The van der Waals surface area contributed by atoms with Crippen molar-refractivity contribution < 1.29 is 29.0 Å². The molecule has 0 atom stereocenters. The van der Waals surface area contributed by atoms with Gasteiger partial charge in [0.05, 0.1) is 6.61 Å². The second-order valence-electron chi connectivity index (χ2n) is 9.39. The molecule has 0 aromatic rings. The molecule has 0 spiro atoms. The molecule has 0 saturated carbocycles. The number of carboxylic acid groups (broad SMARTS) is 1. The van der Waals surface area contributed by atoms with Crippen molar-refractivity contribution in [1.82, 2.24) is 0 Å². The molecule has 0 heterocycles. The predicted octanol–water partition coefficient (Wildman–Crippen LogP) is 6.75. The van der Waals surface area contributed by atoms with Crippen LogP contribution in [0, 0.1) is 0 Å². The monoisotopic (exact) mass is 454 g/mol. The third kappa shape index (κ3) is 20.1. The SMILES string of the molecule is C=C(C)C(=O)OC(C)(C)CCCCCCCOC(=O)CCCCCCCCCCC(=O)O. The standard InChI is InChI=1S/C26H46O6/c1-22(2)25(30)32-26(3,4)20-16-12-9-13-17-21-31-24(29)19-15-11-8-6-5-7-10-14-18-23(27)28/h1,5-21H2,2-4H3,(H,27,28). The third-order valence-electron chi connectivity index (χ3n) is 5.43. The minimum absolute atomic E-state index is 0.0975. The average Bonchev–Trinajstić information content (AvgIpc) is 2.70. The summed E-state index contributed by atoms with van der Waals surface area (Å²) in [5, 5.41) is 8.58. The molecule has 0 aromatic heterocycles. The molecule has 32 heavy (non-hydrogen) atoms. The third-order valence-corrected chi connectivity index (χ3v) is 5.43. The molecule has 0 aliphatic carbocycles. The van der Waals surface area contributed by atoms with Crippen molar-refractivity contribution in [2.75, 3.05) is 6.61 Å². The van der Waals surface area contributed by atoms with Gasteiger partial charge >= 0.3 is 17.9 Å². The zero-order valence-electron chi connectivity index (χ0n) is 20.7. The lowest BCUT2D eigenvalue weighted by atomic mass is 9.99. The molecule has 0 rings (SSSR count). The Hall–Kier alpha value is -1.85. The molecule has 0 bridgehead atoms. The topological polar surface area (TPSA) is 89.9 Å². The summed E-state index contributed by atoms with van der Waals surface area (Å²) in [5.74, 6) is -1.14. The largest absolute Gasteiger partial charge is 0.481 e. The van der Waals surface area contributed by atoms with E-state index in [0.29, 0.717) is 18.6 Å². The molecule has 0 aliphatic rings. The maximum atomic E-state index is 11.8. The highest BCUT2D eigenvalue weighted by Crippen LogP contribution is 2.20. The number of carbonyl (C=O) groups is 3. The van der Waals surface area contributed by atoms with E-state index < -0.39 is 11.6 Å². The molecule has 186 valence electrons. The van der Waals surface area contributed by atoms with Gasteiger partial charge in [-0.2, -0.15) is 0 Å². The first kappa shape index (κ1) is 30.1. The van der Waals surface area contributed by atoms with E-state index in [2.05, 4.69) is 6.58 Å². The Morgan fingerprint density at radius 3 is 1.75 bits per heavy atom. The van der Waals surface area contributed by atoms with Crippen LogP contribution in [0.25, 0.3) is 0 Å². The van der Waals surface area contributed by atoms with E-state index in [0.717, 1.165) is 89.9 Å². The fraction of sp³-hybridized carbons (Fsp3) is 0.808. The molecule has 0 aliphatic heterocycles. The second kappa shape index (κ2) is 18.7. The van der Waals surface area contributed by atoms with Gasteiger partial charge in [0.25, 0.3) is 0 Å². The van der Waals surface area contributed by atoms with Crippen molar-refractivity contribution in [3.63, 3.8) is 0 Å². The van der Waals surface area contributed by atoms with E-state index in [1.165, 1.54) is 0 Å². The molecule has 0 unspecified atom stereocenters. The van der Waals surface area contributed by atoms with Gasteiger partial charge in [0.15, 0.2) is 0 Å². The fourth-order valence-corrected chi connectivity index (χ4v) is 3.44. The van der Waals surface area contributed by atoms with Crippen molar-refractivity contribution in [3.8, 4) is 0 Å². The number of hydrogen-bond acceptors (Lipinski definition) is 5. The lowest BCUT2D eigenvalue weighted by Crippen LogP contribution is -2.28. The van der Waals surface area contributed by atoms with Crippen LogP contribution in [0.5, 0.6) is 0 Å². The summed E-state index contributed by atoms with van der Waals surface area (Å²) in [6.07, 6.45) is 14.9. The van der Waals surface area contributed by atoms with Gasteiger partial charge in [-0.3, -0.25) is 9.59 Å². The molecular formula is C26H46O6. The van der Waals surface area contributed by atoms with Crippen molar-refractivity contribution in [2.45, 2.75) is 129 Å². The summed E-state index contributed by atoms with van der Waals surface area (Å²) >= 11 is 0. The molecule has 6 nitrogen and oxygen atoms in total. The van der Waals surface area contributed by atoms with Crippen LogP contribution in [0.15, 0.2) is 12.2 Å². The summed E-state index contributed by atoms with van der Waals surface area (Å²) in [5.41, 5.74) is -0.0394. The minimum atomic E-state index is -0.711. The lowest BCUT2D eigenvalue weighted by Gasteiger charge is -2.25. The Morgan fingerprint density at radius 2 is 1.22 bits per heavy atom. The zero-order valence-corrected chi connectivity index (χ0v) is 20.7. The van der Waals surface area contributed by atoms with E-state index in [-0.39, 0.29) is 18.4 Å². The number of ether oxygens (including phenoxy) is 2. The minimum Gasteiger partial charge on any atom is -0.481 e. The number of esters is 2. The Bertz CT molecular complexity index is 553. The van der Waals surface area contributed by atoms with E-state index in [9.17, 15) is 14.4 Å². The van der Waals surface area contributed by atoms with E-state index in [4.69, 9.17) is 14.6 Å². The van der Waals surface area contributed by atoms with Crippen LogP contribution >= 0.6 is 0 Å². The summed E-state index contributed by atoms with van der Waals surface area (Å²) < 4.78 is 10.7. The van der Waals surface area contributed by atoms with Crippen molar-refractivity contribution in [3.05, 3.63) is 12.2 Å².